The molecule has 0 amide bonds. The SMILES string of the molecule is CC/C=C\C/C=C\C/C=C\CCCCCCCCCC(=O)OCC(COC1OC(C(=O)O)C(O)C(O)C1OC(=O)CCCCC/C=C\C/C=C\C/C=C\CC)OC(=O)CCCCCCCCC/C=C\C/C=C\C/C=C\CC. The number of carboxylic acids is 1. The molecule has 0 aromatic rings. The molecule has 0 aromatic heterocycles. The molecule has 0 bridgehead atoms. The highest BCUT2D eigenvalue weighted by Crippen LogP contribution is 2.26. The topological polar surface area (TPSA) is 175 Å². The van der Waals surface area contributed by atoms with Crippen LogP contribution in [-0.2, 0) is 42.9 Å². The summed E-state index contributed by atoms with van der Waals surface area (Å²) in [6, 6.07) is 0. The van der Waals surface area contributed by atoms with E-state index in [4.69, 9.17) is 23.7 Å². The van der Waals surface area contributed by atoms with Crippen LogP contribution in [0.2, 0.25) is 0 Å². The van der Waals surface area contributed by atoms with Crippen molar-refractivity contribution in [3.8, 4) is 0 Å². The highest BCUT2D eigenvalue weighted by Gasteiger charge is 2.50. The average molecular weight is 1080 g/mol. The number of aliphatic carboxylic acids is 1. The van der Waals surface area contributed by atoms with E-state index >= 15 is 0 Å². The third-order valence-electron chi connectivity index (χ3n) is 12.8. The lowest BCUT2D eigenvalue weighted by molar-refractivity contribution is -0.301. The van der Waals surface area contributed by atoms with E-state index in [2.05, 4.69) is 130 Å². The number of carbonyl (C=O) groups is 4. The third kappa shape index (κ3) is 42.1. The fourth-order valence-electron chi connectivity index (χ4n) is 8.35. The standard InChI is InChI=1S/C65H104O12/c1-4-7-10-13-16-19-22-25-27-29-31-34-36-39-42-45-48-51-57(66)73-54-56(75-58(67)52-49-46-43-40-38-35-32-30-28-26-23-20-17-14-11-8-5-2)55-74-65-63(61(70)60(69)62(77-65)64(71)72)76-59(68)53-50-47-44-41-37-33-24-21-18-15-12-9-6-3/h7-12,16-21,25-28,33,37,56,60-63,65,69-70H,4-6,13-15,22-24,29-32,34-36,38-55H2,1-3H3,(H,71,72)/b10-7-,11-8-,12-9-,19-16-,20-17-,21-18-,27-25-,28-26-,37-33-. The number of rotatable bonds is 49. The van der Waals surface area contributed by atoms with Gasteiger partial charge >= 0.3 is 23.9 Å². The third-order valence-corrected chi connectivity index (χ3v) is 12.8. The lowest BCUT2D eigenvalue weighted by Crippen LogP contribution is -2.61. The molecule has 0 aromatic carbocycles. The van der Waals surface area contributed by atoms with Crippen LogP contribution >= 0.6 is 0 Å². The summed E-state index contributed by atoms with van der Waals surface area (Å²) in [6.45, 7) is 5.62. The Morgan fingerprint density at radius 3 is 1.19 bits per heavy atom. The van der Waals surface area contributed by atoms with Crippen molar-refractivity contribution in [3.63, 3.8) is 0 Å². The molecule has 1 aliphatic rings. The van der Waals surface area contributed by atoms with Crippen molar-refractivity contribution < 1.29 is 58.2 Å². The molecule has 1 rings (SSSR count). The van der Waals surface area contributed by atoms with Gasteiger partial charge in [0.25, 0.3) is 0 Å². The number of hydrogen-bond donors (Lipinski definition) is 3. The van der Waals surface area contributed by atoms with E-state index in [9.17, 15) is 34.5 Å². The second-order valence-corrected chi connectivity index (χ2v) is 19.8. The van der Waals surface area contributed by atoms with Crippen molar-refractivity contribution in [2.45, 2.75) is 263 Å². The van der Waals surface area contributed by atoms with Gasteiger partial charge in [-0.2, -0.15) is 0 Å². The van der Waals surface area contributed by atoms with Crippen LogP contribution in [0.3, 0.4) is 0 Å². The Balaban J connectivity index is 2.72. The molecule has 1 fully saturated rings. The summed E-state index contributed by atoms with van der Waals surface area (Å²) in [5.41, 5.74) is 0. The van der Waals surface area contributed by atoms with Gasteiger partial charge in [-0.05, 0) is 116 Å². The van der Waals surface area contributed by atoms with Gasteiger partial charge in [-0.1, -0.05) is 201 Å². The molecule has 436 valence electrons. The maximum Gasteiger partial charge on any atom is 0.335 e. The maximum atomic E-state index is 13.2. The number of unbranched alkanes of at least 4 members (excludes halogenated alkanes) is 17. The monoisotopic (exact) mass is 1080 g/mol. The van der Waals surface area contributed by atoms with Crippen LogP contribution in [0.5, 0.6) is 0 Å². The first kappa shape index (κ1) is 70.4. The second kappa shape index (κ2) is 52.1. The summed E-state index contributed by atoms with van der Waals surface area (Å²) in [5.74, 6) is -3.19. The molecule has 0 radical (unpaired) electrons. The summed E-state index contributed by atoms with van der Waals surface area (Å²) >= 11 is 0. The van der Waals surface area contributed by atoms with Crippen LogP contribution in [0.25, 0.3) is 0 Å². The molecule has 12 nitrogen and oxygen atoms in total. The summed E-state index contributed by atoms with van der Waals surface area (Å²) in [6.07, 6.45) is 57.7. The number of carboxylic acid groups (broad SMARTS) is 1. The fourth-order valence-corrected chi connectivity index (χ4v) is 8.35. The van der Waals surface area contributed by atoms with Crippen LogP contribution in [0.4, 0.5) is 0 Å². The molecule has 1 aliphatic heterocycles. The van der Waals surface area contributed by atoms with E-state index in [0.717, 1.165) is 161 Å². The van der Waals surface area contributed by atoms with Crippen molar-refractivity contribution >= 4 is 23.9 Å². The number of aliphatic hydroxyl groups excluding tert-OH is 2. The Labute approximate surface area is 465 Å². The molecule has 0 spiro atoms. The first-order chi connectivity index (χ1) is 37.6. The first-order valence-corrected chi connectivity index (χ1v) is 29.9. The van der Waals surface area contributed by atoms with Gasteiger partial charge in [0.05, 0.1) is 6.61 Å². The highest BCUT2D eigenvalue weighted by atomic mass is 16.7. The zero-order valence-electron chi connectivity index (χ0n) is 47.9. The van der Waals surface area contributed by atoms with Crippen molar-refractivity contribution in [3.05, 3.63) is 109 Å². The van der Waals surface area contributed by atoms with Crippen LogP contribution in [0, 0.1) is 0 Å². The molecule has 1 saturated heterocycles. The molecule has 12 heteroatoms. The average Bonchev–Trinajstić information content (AvgIpc) is 3.42. The van der Waals surface area contributed by atoms with Crippen molar-refractivity contribution in [2.75, 3.05) is 13.2 Å². The zero-order valence-corrected chi connectivity index (χ0v) is 47.9. The van der Waals surface area contributed by atoms with Gasteiger partial charge in [0.15, 0.2) is 24.6 Å². The smallest absolute Gasteiger partial charge is 0.335 e. The van der Waals surface area contributed by atoms with Gasteiger partial charge in [0.1, 0.15) is 18.8 Å². The summed E-state index contributed by atoms with van der Waals surface area (Å²) in [7, 11) is 0. The minimum absolute atomic E-state index is 0.0181. The molecule has 0 aliphatic carbocycles. The number of hydrogen-bond acceptors (Lipinski definition) is 11. The number of aliphatic hydroxyl groups is 2. The summed E-state index contributed by atoms with van der Waals surface area (Å²) in [4.78, 5) is 51.2. The normalized spacial score (nSPS) is 18.8. The molecular weight excluding hydrogens is 973 g/mol. The quantitative estimate of drug-likeness (QED) is 0.0228. The molecule has 1 heterocycles. The number of carbonyl (C=O) groups excluding carboxylic acids is 3. The Morgan fingerprint density at radius 1 is 0.429 bits per heavy atom. The Bertz CT molecular complexity index is 1750. The summed E-state index contributed by atoms with van der Waals surface area (Å²) < 4.78 is 28.4. The van der Waals surface area contributed by atoms with Gasteiger partial charge in [-0.3, -0.25) is 14.4 Å². The molecule has 77 heavy (non-hydrogen) atoms. The van der Waals surface area contributed by atoms with Gasteiger partial charge in [0, 0.05) is 19.3 Å². The molecule has 6 atom stereocenters. The van der Waals surface area contributed by atoms with E-state index in [0.29, 0.717) is 19.3 Å². The van der Waals surface area contributed by atoms with Crippen LogP contribution in [0.1, 0.15) is 226 Å². The van der Waals surface area contributed by atoms with Crippen LogP contribution in [0.15, 0.2) is 109 Å². The lowest BCUT2D eigenvalue weighted by atomic mass is 9.98. The highest BCUT2D eigenvalue weighted by molar-refractivity contribution is 5.74. The van der Waals surface area contributed by atoms with E-state index in [1.807, 2.05) is 0 Å². The largest absolute Gasteiger partial charge is 0.479 e. The van der Waals surface area contributed by atoms with Gasteiger partial charge in [-0.15, -0.1) is 0 Å². The zero-order chi connectivity index (χ0) is 56.1. The predicted octanol–water partition coefficient (Wildman–Crippen LogP) is 15.4. The molecular formula is C65H104O12. The van der Waals surface area contributed by atoms with E-state index in [-0.39, 0.29) is 25.9 Å². The van der Waals surface area contributed by atoms with Gasteiger partial charge in [-0.25, -0.2) is 4.79 Å². The van der Waals surface area contributed by atoms with E-state index in [1.165, 1.54) is 6.42 Å². The van der Waals surface area contributed by atoms with Crippen molar-refractivity contribution in [1.82, 2.24) is 0 Å². The fraction of sp³-hybridized carbons (Fsp3) is 0.662. The minimum atomic E-state index is -1.92. The molecule has 3 N–H and O–H groups in total. The Kier molecular flexibility index (Phi) is 47.6. The van der Waals surface area contributed by atoms with E-state index < -0.39 is 67.3 Å². The maximum absolute atomic E-state index is 13.2. The number of ether oxygens (including phenoxy) is 5. The van der Waals surface area contributed by atoms with Crippen LogP contribution < -0.4 is 0 Å². The number of esters is 3. The van der Waals surface area contributed by atoms with Crippen molar-refractivity contribution in [1.29, 1.82) is 0 Å². The Hall–Kier alpha value is -4.62. The molecule has 6 unspecified atom stereocenters. The summed E-state index contributed by atoms with van der Waals surface area (Å²) in [5, 5.41) is 31.5. The van der Waals surface area contributed by atoms with E-state index in [1.54, 1.807) is 0 Å². The van der Waals surface area contributed by atoms with Gasteiger partial charge < -0.3 is 39.0 Å². The lowest BCUT2D eigenvalue weighted by Gasteiger charge is -2.40. The van der Waals surface area contributed by atoms with Crippen molar-refractivity contribution in [2.24, 2.45) is 0 Å². The second-order valence-electron chi connectivity index (χ2n) is 19.8. The van der Waals surface area contributed by atoms with Gasteiger partial charge in [0.2, 0.25) is 0 Å². The molecule has 0 saturated carbocycles. The number of allylic oxidation sites excluding steroid dienone is 18. The predicted molar refractivity (Wildman–Crippen MR) is 312 cm³/mol. The van der Waals surface area contributed by atoms with Crippen LogP contribution in [-0.4, -0.2) is 89.2 Å². The first-order valence-electron chi connectivity index (χ1n) is 29.9. The Morgan fingerprint density at radius 2 is 0.779 bits per heavy atom. The minimum Gasteiger partial charge on any atom is -0.479 e.